The van der Waals surface area contributed by atoms with Crippen LogP contribution in [-0.4, -0.2) is 18.7 Å². The lowest BCUT2D eigenvalue weighted by atomic mass is 10.2. The number of hydrogen-bond acceptors (Lipinski definition) is 3. The maximum absolute atomic E-state index is 11.6. The van der Waals surface area contributed by atoms with Crippen molar-refractivity contribution < 1.29 is 9.53 Å². The summed E-state index contributed by atoms with van der Waals surface area (Å²) in [6, 6.07) is 17.4. The number of ether oxygens (including phenoxy) is 1. The van der Waals surface area contributed by atoms with E-state index >= 15 is 0 Å². The molecule has 4 heteroatoms. The quantitative estimate of drug-likeness (QED) is 0.657. The molecule has 0 saturated carbocycles. The average molecular weight is 294 g/mol. The van der Waals surface area contributed by atoms with Gasteiger partial charge in [-0.2, -0.15) is 5.10 Å². The molecule has 22 heavy (non-hydrogen) atoms. The predicted octanol–water partition coefficient (Wildman–Crippen LogP) is 3.19. The molecular formula is C18H18N2O2. The van der Waals surface area contributed by atoms with E-state index in [0.29, 0.717) is 5.75 Å². The molecule has 0 radical (unpaired) electrons. The Bertz CT molecular complexity index is 664. The van der Waals surface area contributed by atoms with Gasteiger partial charge in [-0.05, 0) is 36.3 Å². The minimum atomic E-state index is -0.300. The normalized spacial score (nSPS) is 11.0. The third kappa shape index (κ3) is 5.63. The Morgan fingerprint density at radius 1 is 1.18 bits per heavy atom. The lowest BCUT2D eigenvalue weighted by molar-refractivity contribution is -0.123. The van der Waals surface area contributed by atoms with Gasteiger partial charge in [-0.25, -0.2) is 5.43 Å². The Balaban J connectivity index is 1.71. The summed E-state index contributed by atoms with van der Waals surface area (Å²) in [6.07, 6.45) is 5.19. The van der Waals surface area contributed by atoms with E-state index in [2.05, 4.69) is 10.5 Å². The van der Waals surface area contributed by atoms with Crippen LogP contribution in [0.25, 0.3) is 6.08 Å². The monoisotopic (exact) mass is 294 g/mol. The number of amides is 1. The van der Waals surface area contributed by atoms with Crippen LogP contribution in [0.2, 0.25) is 0 Å². The number of aryl methyl sites for hydroxylation is 1. The van der Waals surface area contributed by atoms with Crippen molar-refractivity contribution in [3.05, 3.63) is 71.8 Å². The number of hydrogen-bond donors (Lipinski definition) is 1. The van der Waals surface area contributed by atoms with E-state index in [1.54, 1.807) is 6.08 Å². The highest BCUT2D eigenvalue weighted by atomic mass is 16.5. The fourth-order valence-corrected chi connectivity index (χ4v) is 1.76. The molecule has 0 spiro atoms. The van der Waals surface area contributed by atoms with Crippen molar-refractivity contribution >= 4 is 18.2 Å². The molecule has 2 aromatic carbocycles. The van der Waals surface area contributed by atoms with E-state index in [4.69, 9.17) is 4.74 Å². The van der Waals surface area contributed by atoms with Crippen LogP contribution in [0, 0.1) is 6.92 Å². The van der Waals surface area contributed by atoms with Gasteiger partial charge in [0, 0.05) is 6.21 Å². The molecule has 0 bridgehead atoms. The van der Waals surface area contributed by atoms with Crippen molar-refractivity contribution in [3.8, 4) is 5.75 Å². The summed E-state index contributed by atoms with van der Waals surface area (Å²) in [5.41, 5.74) is 4.57. The van der Waals surface area contributed by atoms with Gasteiger partial charge in [-0.15, -0.1) is 0 Å². The van der Waals surface area contributed by atoms with Crippen molar-refractivity contribution in [1.82, 2.24) is 5.43 Å². The smallest absolute Gasteiger partial charge is 0.277 e. The van der Waals surface area contributed by atoms with Gasteiger partial charge in [0.2, 0.25) is 0 Å². The summed E-state index contributed by atoms with van der Waals surface area (Å²) in [5, 5.41) is 3.82. The molecule has 0 aliphatic heterocycles. The second-order valence-electron chi connectivity index (χ2n) is 4.69. The highest BCUT2D eigenvalue weighted by Crippen LogP contribution is 2.11. The van der Waals surface area contributed by atoms with Gasteiger partial charge < -0.3 is 4.74 Å². The van der Waals surface area contributed by atoms with Crippen LogP contribution < -0.4 is 10.2 Å². The zero-order valence-electron chi connectivity index (χ0n) is 12.4. The van der Waals surface area contributed by atoms with Crippen molar-refractivity contribution in [2.24, 2.45) is 5.10 Å². The van der Waals surface area contributed by atoms with Gasteiger partial charge in [0.15, 0.2) is 6.61 Å². The molecule has 1 N–H and O–H groups in total. The lowest BCUT2D eigenvalue weighted by Crippen LogP contribution is -2.24. The predicted molar refractivity (Wildman–Crippen MR) is 88.8 cm³/mol. The molecule has 0 aromatic heterocycles. The molecule has 0 heterocycles. The molecule has 0 aliphatic rings. The second-order valence-corrected chi connectivity index (χ2v) is 4.69. The van der Waals surface area contributed by atoms with Crippen LogP contribution in [0.3, 0.4) is 0 Å². The number of carbonyl (C=O) groups excluding carboxylic acids is 1. The SMILES string of the molecule is Cc1cccc(OCC(=O)N/N=C/C=C\c2ccccc2)c1. The highest BCUT2D eigenvalue weighted by molar-refractivity contribution is 5.81. The molecule has 0 fully saturated rings. The number of rotatable bonds is 6. The van der Waals surface area contributed by atoms with Crippen LogP contribution in [-0.2, 0) is 4.79 Å². The fourth-order valence-electron chi connectivity index (χ4n) is 1.76. The van der Waals surface area contributed by atoms with E-state index in [9.17, 15) is 4.79 Å². The number of benzene rings is 2. The number of allylic oxidation sites excluding steroid dienone is 1. The molecule has 0 aliphatic carbocycles. The standard InChI is InChI=1S/C18H18N2O2/c1-15-7-5-11-17(13-15)22-14-18(21)20-19-12-6-10-16-8-3-2-4-9-16/h2-13H,14H2,1H3,(H,20,21)/b10-6-,19-12+. The Morgan fingerprint density at radius 2 is 2.00 bits per heavy atom. The van der Waals surface area contributed by atoms with Gasteiger partial charge in [0.25, 0.3) is 5.91 Å². The molecule has 4 nitrogen and oxygen atoms in total. The minimum absolute atomic E-state index is 0.0663. The molecule has 2 rings (SSSR count). The summed E-state index contributed by atoms with van der Waals surface area (Å²) in [6.45, 7) is 1.90. The first kappa shape index (κ1) is 15.5. The van der Waals surface area contributed by atoms with Crippen molar-refractivity contribution in [3.63, 3.8) is 0 Å². The maximum Gasteiger partial charge on any atom is 0.277 e. The third-order valence-corrected chi connectivity index (χ3v) is 2.80. The van der Waals surface area contributed by atoms with E-state index in [-0.39, 0.29) is 12.5 Å². The molecule has 0 saturated heterocycles. The summed E-state index contributed by atoms with van der Waals surface area (Å²) in [4.78, 5) is 11.6. The van der Waals surface area contributed by atoms with Crippen LogP contribution in [0.4, 0.5) is 0 Å². The Kier molecular flexibility index (Phi) is 5.93. The van der Waals surface area contributed by atoms with Gasteiger partial charge >= 0.3 is 0 Å². The highest BCUT2D eigenvalue weighted by Gasteiger charge is 2.00. The van der Waals surface area contributed by atoms with E-state index in [1.165, 1.54) is 6.21 Å². The van der Waals surface area contributed by atoms with Gasteiger partial charge in [0.05, 0.1) is 0 Å². The van der Waals surface area contributed by atoms with Crippen LogP contribution in [0.15, 0.2) is 65.8 Å². The van der Waals surface area contributed by atoms with Crippen molar-refractivity contribution in [1.29, 1.82) is 0 Å². The van der Waals surface area contributed by atoms with E-state index < -0.39 is 0 Å². The molecule has 112 valence electrons. The zero-order chi connectivity index (χ0) is 15.6. The third-order valence-electron chi connectivity index (χ3n) is 2.80. The summed E-state index contributed by atoms with van der Waals surface area (Å²) in [7, 11) is 0. The Morgan fingerprint density at radius 3 is 2.77 bits per heavy atom. The topological polar surface area (TPSA) is 50.7 Å². The van der Waals surface area contributed by atoms with Crippen LogP contribution >= 0.6 is 0 Å². The summed E-state index contributed by atoms with van der Waals surface area (Å²) < 4.78 is 5.37. The largest absolute Gasteiger partial charge is 0.484 e. The lowest BCUT2D eigenvalue weighted by Gasteiger charge is -2.05. The summed E-state index contributed by atoms with van der Waals surface area (Å²) >= 11 is 0. The molecule has 1 amide bonds. The molecule has 0 unspecified atom stereocenters. The number of nitrogens with zero attached hydrogens (tertiary/aromatic N) is 1. The molecule has 2 aromatic rings. The van der Waals surface area contributed by atoms with E-state index in [0.717, 1.165) is 11.1 Å². The van der Waals surface area contributed by atoms with Crippen LogP contribution in [0.1, 0.15) is 11.1 Å². The average Bonchev–Trinajstić information content (AvgIpc) is 2.54. The van der Waals surface area contributed by atoms with Gasteiger partial charge in [-0.3, -0.25) is 4.79 Å². The number of hydrazone groups is 1. The molecule has 0 atom stereocenters. The Labute approximate surface area is 130 Å². The van der Waals surface area contributed by atoms with Crippen LogP contribution in [0.5, 0.6) is 5.75 Å². The van der Waals surface area contributed by atoms with Crippen molar-refractivity contribution in [2.75, 3.05) is 6.61 Å². The minimum Gasteiger partial charge on any atom is -0.484 e. The Hall–Kier alpha value is -2.88. The maximum atomic E-state index is 11.6. The first-order chi connectivity index (χ1) is 10.7. The van der Waals surface area contributed by atoms with Gasteiger partial charge in [-0.1, -0.05) is 48.5 Å². The second kappa shape index (κ2) is 8.42. The zero-order valence-corrected chi connectivity index (χ0v) is 12.4. The number of carbonyl (C=O) groups is 1. The number of nitrogens with one attached hydrogen (secondary N) is 1. The molecular weight excluding hydrogens is 276 g/mol. The van der Waals surface area contributed by atoms with Crippen molar-refractivity contribution in [2.45, 2.75) is 6.92 Å². The fraction of sp³-hybridized carbons (Fsp3) is 0.111. The first-order valence-electron chi connectivity index (χ1n) is 6.97. The van der Waals surface area contributed by atoms with E-state index in [1.807, 2.05) is 67.6 Å². The summed E-state index contributed by atoms with van der Waals surface area (Å²) in [5.74, 6) is 0.369. The van der Waals surface area contributed by atoms with Gasteiger partial charge in [0.1, 0.15) is 5.75 Å². The first-order valence-corrected chi connectivity index (χ1v) is 6.97.